The molecule has 4 aromatic carbocycles. The summed E-state index contributed by atoms with van der Waals surface area (Å²) in [6, 6.07) is 28.6. The molecule has 1 amide bonds. The molecule has 0 aliphatic rings. The van der Waals surface area contributed by atoms with Gasteiger partial charge in [0.15, 0.2) is 6.54 Å². The Labute approximate surface area is 245 Å². The van der Waals surface area contributed by atoms with Crippen LogP contribution in [0, 0.1) is 0 Å². The topological polar surface area (TPSA) is 107 Å². The number of halogens is 2. The van der Waals surface area contributed by atoms with Crippen molar-refractivity contribution in [3.63, 3.8) is 0 Å². The van der Waals surface area contributed by atoms with E-state index in [0.717, 1.165) is 39.5 Å². The van der Waals surface area contributed by atoms with E-state index in [2.05, 4.69) is 24.3 Å². The van der Waals surface area contributed by atoms with E-state index in [1.807, 2.05) is 59.3 Å². The minimum absolute atomic E-state index is 0.188. The van der Waals surface area contributed by atoms with Crippen LogP contribution in [0.3, 0.4) is 0 Å². The Hall–Kier alpha value is -4.24. The summed E-state index contributed by atoms with van der Waals surface area (Å²) in [5.41, 5.74) is 17.8. The summed E-state index contributed by atoms with van der Waals surface area (Å²) in [5, 5.41) is 1.02. The molecule has 40 heavy (non-hydrogen) atoms. The number of rotatable bonds is 9. The summed E-state index contributed by atoms with van der Waals surface area (Å²) in [6.07, 6.45) is 2.42. The number of nitrogens with zero attached hydrogens (tertiary/aromatic N) is 3. The highest BCUT2D eigenvalue weighted by molar-refractivity contribution is 7.67. The molecule has 0 fully saturated rings. The number of carbonyl (C=O) groups excluding carboxylic acids is 1. The van der Waals surface area contributed by atoms with Gasteiger partial charge in [-0.3, -0.25) is 4.79 Å². The highest BCUT2D eigenvalue weighted by Gasteiger charge is 2.22. The number of hydrogen-bond donors (Lipinski definition) is 2. The minimum Gasteiger partial charge on any atom is -0.399 e. The molecule has 1 heterocycles. The van der Waals surface area contributed by atoms with Gasteiger partial charge in [-0.25, -0.2) is 4.98 Å². The maximum absolute atomic E-state index is 11.7. The Morgan fingerprint density at radius 1 is 0.925 bits per heavy atom. The molecule has 5 rings (SSSR count). The highest BCUT2D eigenvalue weighted by Crippen LogP contribution is 2.32. The second-order valence-electron chi connectivity index (χ2n) is 9.13. The minimum atomic E-state index is -0.598. The smallest absolute Gasteiger partial charge is 0.399 e. The molecular weight excluding hydrogens is 565 g/mol. The number of primary amides is 1. The van der Waals surface area contributed by atoms with E-state index in [-0.39, 0.29) is 18.4 Å². The lowest BCUT2D eigenvalue weighted by molar-refractivity contribution is -0.116. The molecule has 0 saturated heterocycles. The van der Waals surface area contributed by atoms with Crippen LogP contribution in [0.15, 0.2) is 97.2 Å². The van der Waals surface area contributed by atoms with Crippen molar-refractivity contribution in [1.82, 2.24) is 9.55 Å². The molecule has 0 saturated carbocycles. The first-order chi connectivity index (χ1) is 19.3. The Balaban J connectivity index is 1.54. The van der Waals surface area contributed by atoms with E-state index in [1.54, 1.807) is 18.2 Å². The summed E-state index contributed by atoms with van der Waals surface area (Å²) in [4.78, 5) is 16.4. The van der Waals surface area contributed by atoms with Gasteiger partial charge in [0.05, 0.1) is 14.9 Å². The fraction of sp³-hybridized carbons (Fsp3) is 0.0667. The van der Waals surface area contributed by atoms with E-state index in [0.29, 0.717) is 27.8 Å². The van der Waals surface area contributed by atoms with Crippen LogP contribution in [0.25, 0.3) is 28.1 Å². The Bertz CT molecular complexity index is 1690. The summed E-state index contributed by atoms with van der Waals surface area (Å²) in [5.74, 6) is 0.161. The fourth-order valence-electron chi connectivity index (χ4n) is 4.37. The number of nitrogens with two attached hydrogens (primary N) is 2. The van der Waals surface area contributed by atoms with Crippen molar-refractivity contribution in [2.75, 3.05) is 16.6 Å². The van der Waals surface area contributed by atoms with E-state index < -0.39 is 5.91 Å². The third-order valence-electron chi connectivity index (χ3n) is 6.33. The monoisotopic (exact) mass is 588 g/mol. The molecule has 5 aromatic rings. The molecule has 0 radical (unpaired) electrons. The Kier molecular flexibility index (Phi) is 8.11. The SMILES string of the molecule is NC(=O)CN([S+]=O)c1cccc(-n2cc(-c3ccc(Cl)cc3Cl)nc2Cc2ccc(-c3ccc(N)cc3)cc2)c1. The van der Waals surface area contributed by atoms with Crippen molar-refractivity contribution in [3.05, 3.63) is 119 Å². The lowest BCUT2D eigenvalue weighted by Crippen LogP contribution is -2.30. The third kappa shape index (κ3) is 6.15. The van der Waals surface area contributed by atoms with Crippen molar-refractivity contribution >= 4 is 52.3 Å². The second kappa shape index (κ2) is 11.9. The number of hydrogen-bond acceptors (Lipinski definition) is 4. The molecule has 0 spiro atoms. The molecule has 4 N–H and O–H groups in total. The van der Waals surface area contributed by atoms with Gasteiger partial charge in [-0.15, -0.1) is 0 Å². The quantitative estimate of drug-likeness (QED) is 0.119. The number of aromatic nitrogens is 2. The fourth-order valence-corrected chi connectivity index (χ4v) is 5.25. The molecule has 0 aliphatic heterocycles. The largest absolute Gasteiger partial charge is 0.627 e. The van der Waals surface area contributed by atoms with Crippen LogP contribution in [0.5, 0.6) is 0 Å². The molecule has 0 unspecified atom stereocenters. The molecule has 10 heteroatoms. The van der Waals surface area contributed by atoms with Gasteiger partial charge in [-0.2, -0.15) is 0 Å². The summed E-state index contributed by atoms with van der Waals surface area (Å²) in [7, 11) is 0. The van der Waals surface area contributed by atoms with E-state index in [9.17, 15) is 9.00 Å². The second-order valence-corrected chi connectivity index (χ2v) is 10.6. The van der Waals surface area contributed by atoms with Crippen molar-refractivity contribution in [2.24, 2.45) is 5.73 Å². The van der Waals surface area contributed by atoms with Gasteiger partial charge in [-0.05, 0) is 65.2 Å². The summed E-state index contributed by atoms with van der Waals surface area (Å²) < 4.78 is 15.0. The van der Waals surface area contributed by atoms with Gasteiger partial charge < -0.3 is 16.0 Å². The van der Waals surface area contributed by atoms with Crippen LogP contribution >= 0.6 is 23.2 Å². The van der Waals surface area contributed by atoms with Crippen molar-refractivity contribution in [2.45, 2.75) is 6.42 Å². The van der Waals surface area contributed by atoms with Crippen molar-refractivity contribution in [1.29, 1.82) is 0 Å². The summed E-state index contributed by atoms with van der Waals surface area (Å²) >= 11 is 12.8. The zero-order chi connectivity index (χ0) is 28.2. The first kappa shape index (κ1) is 27.3. The molecule has 0 aliphatic carbocycles. The van der Waals surface area contributed by atoms with Gasteiger partial charge in [0.1, 0.15) is 11.5 Å². The van der Waals surface area contributed by atoms with Gasteiger partial charge in [0.25, 0.3) is 0 Å². The average molecular weight is 590 g/mol. The van der Waals surface area contributed by atoms with Crippen LogP contribution in [0.4, 0.5) is 11.4 Å². The van der Waals surface area contributed by atoms with Gasteiger partial charge in [0.2, 0.25) is 5.91 Å². The van der Waals surface area contributed by atoms with Crippen molar-refractivity contribution < 1.29 is 9.00 Å². The maximum Gasteiger partial charge on any atom is 0.627 e. The number of amides is 1. The first-order valence-electron chi connectivity index (χ1n) is 12.3. The Morgan fingerprint density at radius 2 is 1.62 bits per heavy atom. The average Bonchev–Trinajstić information content (AvgIpc) is 3.36. The molecule has 0 atom stereocenters. The number of nitrogen functional groups attached to an aromatic ring is 1. The maximum atomic E-state index is 11.7. The number of imidazole rings is 1. The molecule has 1 aromatic heterocycles. The van der Waals surface area contributed by atoms with E-state index in [1.165, 1.54) is 4.31 Å². The number of benzene rings is 4. The van der Waals surface area contributed by atoms with E-state index >= 15 is 0 Å². The normalized spacial score (nSPS) is 10.8. The zero-order valence-electron chi connectivity index (χ0n) is 21.1. The first-order valence-corrected chi connectivity index (χ1v) is 13.7. The third-order valence-corrected chi connectivity index (χ3v) is 7.40. The van der Waals surface area contributed by atoms with Crippen LogP contribution in [-0.4, -0.2) is 22.0 Å². The van der Waals surface area contributed by atoms with E-state index in [4.69, 9.17) is 39.7 Å². The van der Waals surface area contributed by atoms with Crippen LogP contribution in [0.2, 0.25) is 10.0 Å². The van der Waals surface area contributed by atoms with Gasteiger partial charge in [-0.1, -0.05) is 70.0 Å². The lowest BCUT2D eigenvalue weighted by atomic mass is 10.0. The van der Waals surface area contributed by atoms with Crippen LogP contribution in [0.1, 0.15) is 11.4 Å². The standard InChI is InChI=1S/C30H23Cl2N5O2S/c31-22-10-13-26(27(32)15-22)28-17-36(24-2-1-3-25(16-24)37(40-39)18-29(34)38)30(35-28)14-19-4-6-20(7-5-19)21-8-11-23(33)12-9-21/h1-13,15-17H,14,18,33H2,(H-,34,38)/p+1. The van der Waals surface area contributed by atoms with Gasteiger partial charge in [0, 0.05) is 34.6 Å². The van der Waals surface area contributed by atoms with Crippen LogP contribution in [-0.2, 0) is 27.3 Å². The number of anilines is 2. The Morgan fingerprint density at radius 3 is 2.27 bits per heavy atom. The highest BCUT2D eigenvalue weighted by atomic mass is 35.5. The molecule has 200 valence electrons. The molecule has 0 bridgehead atoms. The van der Waals surface area contributed by atoms with Crippen LogP contribution < -0.4 is 15.8 Å². The lowest BCUT2D eigenvalue weighted by Gasteiger charge is -2.11. The zero-order valence-corrected chi connectivity index (χ0v) is 23.5. The summed E-state index contributed by atoms with van der Waals surface area (Å²) in [6.45, 7) is -0.208. The predicted octanol–water partition coefficient (Wildman–Crippen LogP) is 6.32. The van der Waals surface area contributed by atoms with Crippen molar-refractivity contribution in [3.8, 4) is 28.1 Å². The predicted molar refractivity (Wildman–Crippen MR) is 163 cm³/mol. The number of carbonyl (C=O) groups is 1. The van der Waals surface area contributed by atoms with Gasteiger partial charge >= 0.3 is 11.9 Å². The molecule has 7 nitrogen and oxygen atoms in total. The molecular formula is C30H24Cl2N5O2S+.